The first-order valence-corrected chi connectivity index (χ1v) is 8.15. The van der Waals surface area contributed by atoms with Gasteiger partial charge in [-0.05, 0) is 46.0 Å². The van der Waals surface area contributed by atoms with E-state index >= 15 is 0 Å². The first-order chi connectivity index (χ1) is 10.1. The van der Waals surface area contributed by atoms with Crippen LogP contribution in [0.5, 0.6) is 0 Å². The van der Waals surface area contributed by atoms with Crippen LogP contribution >= 0.6 is 15.9 Å². The third kappa shape index (κ3) is 4.21. The van der Waals surface area contributed by atoms with E-state index in [2.05, 4.69) is 59.4 Å². The summed E-state index contributed by atoms with van der Waals surface area (Å²) in [5.74, 6) is -0.0336. The van der Waals surface area contributed by atoms with E-state index in [0.29, 0.717) is 12.2 Å². The lowest BCUT2D eigenvalue weighted by Gasteiger charge is -2.09. The van der Waals surface area contributed by atoms with Gasteiger partial charge < -0.3 is 9.88 Å². The average Bonchev–Trinajstić information content (AvgIpc) is 2.86. The molecule has 2 rings (SSSR count). The van der Waals surface area contributed by atoms with Crippen LogP contribution in [0.3, 0.4) is 0 Å². The molecule has 1 heterocycles. The van der Waals surface area contributed by atoms with Crippen LogP contribution in [-0.2, 0) is 19.5 Å². The van der Waals surface area contributed by atoms with Gasteiger partial charge in [0.15, 0.2) is 0 Å². The number of aromatic nitrogens is 1. The molecule has 1 N–H and O–H groups in total. The first kappa shape index (κ1) is 15.8. The minimum absolute atomic E-state index is 0.0336. The number of nitrogens with one attached hydrogen (secondary N) is 1. The van der Waals surface area contributed by atoms with Crippen LogP contribution in [0.15, 0.2) is 41.0 Å². The largest absolute Gasteiger partial charge is 0.347 e. The molecule has 4 heteroatoms. The van der Waals surface area contributed by atoms with Crippen LogP contribution in [0.2, 0.25) is 0 Å². The molecule has 1 aromatic carbocycles. The zero-order valence-corrected chi connectivity index (χ0v) is 14.1. The highest BCUT2D eigenvalue weighted by Crippen LogP contribution is 2.15. The first-order valence-electron chi connectivity index (χ1n) is 7.35. The molecule has 21 heavy (non-hydrogen) atoms. The van der Waals surface area contributed by atoms with Gasteiger partial charge in [0.1, 0.15) is 5.69 Å². The van der Waals surface area contributed by atoms with Crippen LogP contribution < -0.4 is 5.32 Å². The minimum atomic E-state index is -0.0336. The van der Waals surface area contributed by atoms with Crippen molar-refractivity contribution in [2.45, 2.75) is 39.8 Å². The van der Waals surface area contributed by atoms with E-state index in [1.807, 2.05) is 16.8 Å². The molecule has 0 aliphatic carbocycles. The van der Waals surface area contributed by atoms with Gasteiger partial charge >= 0.3 is 0 Å². The van der Waals surface area contributed by atoms with Gasteiger partial charge in [-0.1, -0.05) is 38.1 Å². The van der Waals surface area contributed by atoms with Gasteiger partial charge in [0.2, 0.25) is 0 Å². The van der Waals surface area contributed by atoms with E-state index in [4.69, 9.17) is 0 Å². The molecule has 3 nitrogen and oxygen atoms in total. The van der Waals surface area contributed by atoms with Gasteiger partial charge in [0.25, 0.3) is 5.91 Å². The molecule has 112 valence electrons. The van der Waals surface area contributed by atoms with E-state index < -0.39 is 0 Å². The lowest BCUT2D eigenvalue weighted by atomic mass is 10.1. The van der Waals surface area contributed by atoms with Crippen molar-refractivity contribution in [1.29, 1.82) is 0 Å². The van der Waals surface area contributed by atoms with Crippen molar-refractivity contribution >= 4 is 21.8 Å². The molecule has 0 fully saturated rings. The van der Waals surface area contributed by atoms with E-state index in [0.717, 1.165) is 29.4 Å². The number of benzene rings is 1. The van der Waals surface area contributed by atoms with Crippen LogP contribution in [0, 0.1) is 0 Å². The summed E-state index contributed by atoms with van der Waals surface area (Å²) in [6.07, 6.45) is 3.99. The number of amides is 1. The van der Waals surface area contributed by atoms with Crippen LogP contribution in [0.25, 0.3) is 0 Å². The molecule has 0 bridgehead atoms. The Labute approximate surface area is 134 Å². The van der Waals surface area contributed by atoms with E-state index in [-0.39, 0.29) is 5.91 Å². The summed E-state index contributed by atoms with van der Waals surface area (Å²) in [4.78, 5) is 12.3. The van der Waals surface area contributed by atoms with Crippen molar-refractivity contribution in [1.82, 2.24) is 9.88 Å². The summed E-state index contributed by atoms with van der Waals surface area (Å²) in [5.41, 5.74) is 3.13. The molecular formula is C17H21BrN2O. The van der Waals surface area contributed by atoms with Crippen molar-refractivity contribution < 1.29 is 4.79 Å². The third-order valence-electron chi connectivity index (χ3n) is 3.44. The number of rotatable bonds is 6. The standard InChI is InChI=1S/C17H21BrN2O/c1-3-9-20-12-15(18)10-16(20)17(21)19-11-14-7-5-13(4-2)6-8-14/h5-8,10,12H,3-4,9,11H2,1-2H3,(H,19,21). The summed E-state index contributed by atoms with van der Waals surface area (Å²) in [7, 11) is 0. The molecule has 0 radical (unpaired) electrons. The number of hydrogen-bond donors (Lipinski definition) is 1. The second kappa shape index (κ2) is 7.46. The summed E-state index contributed by atoms with van der Waals surface area (Å²) >= 11 is 3.43. The summed E-state index contributed by atoms with van der Waals surface area (Å²) in [6, 6.07) is 10.2. The predicted octanol–water partition coefficient (Wildman–Crippen LogP) is 4.15. The van der Waals surface area contributed by atoms with Crippen molar-refractivity contribution in [3.63, 3.8) is 0 Å². The summed E-state index contributed by atoms with van der Waals surface area (Å²) < 4.78 is 2.92. The molecule has 0 saturated heterocycles. The highest BCUT2D eigenvalue weighted by Gasteiger charge is 2.12. The van der Waals surface area contributed by atoms with Crippen LogP contribution in [0.4, 0.5) is 0 Å². The maximum Gasteiger partial charge on any atom is 0.268 e. The number of carbonyl (C=O) groups excluding carboxylic acids is 1. The second-order valence-electron chi connectivity index (χ2n) is 5.09. The molecule has 0 aliphatic heterocycles. The second-order valence-corrected chi connectivity index (χ2v) is 6.01. The van der Waals surface area contributed by atoms with Gasteiger partial charge in [0.05, 0.1) is 0 Å². The molecule has 1 aromatic heterocycles. The average molecular weight is 349 g/mol. The lowest BCUT2D eigenvalue weighted by Crippen LogP contribution is -2.25. The number of carbonyl (C=O) groups is 1. The lowest BCUT2D eigenvalue weighted by molar-refractivity contribution is 0.0941. The van der Waals surface area contributed by atoms with Crippen molar-refractivity contribution in [2.75, 3.05) is 0 Å². The fraction of sp³-hybridized carbons (Fsp3) is 0.353. The fourth-order valence-electron chi connectivity index (χ4n) is 2.26. The Balaban J connectivity index is 2.00. The number of nitrogens with zero attached hydrogens (tertiary/aromatic N) is 1. The summed E-state index contributed by atoms with van der Waals surface area (Å²) in [6.45, 7) is 5.64. The highest BCUT2D eigenvalue weighted by atomic mass is 79.9. The van der Waals surface area contributed by atoms with Gasteiger partial charge in [-0.3, -0.25) is 4.79 Å². The molecule has 0 atom stereocenters. The van der Waals surface area contributed by atoms with Crippen molar-refractivity contribution in [3.8, 4) is 0 Å². The molecule has 2 aromatic rings. The maximum absolute atomic E-state index is 12.3. The van der Waals surface area contributed by atoms with Crippen molar-refractivity contribution in [3.05, 3.63) is 57.8 Å². The minimum Gasteiger partial charge on any atom is -0.347 e. The monoisotopic (exact) mass is 348 g/mol. The summed E-state index contributed by atoms with van der Waals surface area (Å²) in [5, 5.41) is 2.98. The smallest absolute Gasteiger partial charge is 0.268 e. The maximum atomic E-state index is 12.3. The molecule has 1 amide bonds. The zero-order chi connectivity index (χ0) is 15.2. The Morgan fingerprint density at radius 2 is 1.86 bits per heavy atom. The predicted molar refractivity (Wildman–Crippen MR) is 89.4 cm³/mol. The van der Waals surface area contributed by atoms with E-state index in [1.54, 1.807) is 0 Å². The van der Waals surface area contributed by atoms with Gasteiger partial charge in [-0.15, -0.1) is 0 Å². The molecular weight excluding hydrogens is 328 g/mol. The van der Waals surface area contributed by atoms with Crippen LogP contribution in [0.1, 0.15) is 41.9 Å². The number of aryl methyl sites for hydroxylation is 2. The Kier molecular flexibility index (Phi) is 5.62. The molecule has 0 spiro atoms. The SMILES string of the molecule is CCCn1cc(Br)cc1C(=O)NCc1ccc(CC)cc1. The van der Waals surface area contributed by atoms with E-state index in [9.17, 15) is 4.79 Å². The van der Waals surface area contributed by atoms with Gasteiger partial charge in [-0.25, -0.2) is 0 Å². The topological polar surface area (TPSA) is 34.0 Å². The van der Waals surface area contributed by atoms with Gasteiger partial charge in [-0.2, -0.15) is 0 Å². The Hall–Kier alpha value is -1.55. The fourth-order valence-corrected chi connectivity index (χ4v) is 2.72. The highest BCUT2D eigenvalue weighted by molar-refractivity contribution is 9.10. The molecule has 0 aliphatic rings. The Bertz CT molecular complexity index is 602. The quantitative estimate of drug-likeness (QED) is 0.835. The number of halogens is 1. The Morgan fingerprint density at radius 3 is 2.48 bits per heavy atom. The Morgan fingerprint density at radius 1 is 1.19 bits per heavy atom. The molecule has 0 unspecified atom stereocenters. The normalized spacial score (nSPS) is 10.6. The van der Waals surface area contributed by atoms with Gasteiger partial charge in [0, 0.05) is 23.8 Å². The number of hydrogen-bond acceptors (Lipinski definition) is 1. The van der Waals surface area contributed by atoms with E-state index in [1.165, 1.54) is 5.56 Å². The molecule has 0 saturated carbocycles. The third-order valence-corrected chi connectivity index (χ3v) is 3.88. The van der Waals surface area contributed by atoms with Crippen molar-refractivity contribution in [2.24, 2.45) is 0 Å². The van der Waals surface area contributed by atoms with Crippen LogP contribution in [-0.4, -0.2) is 10.5 Å². The zero-order valence-electron chi connectivity index (χ0n) is 12.5.